The third-order valence-corrected chi connectivity index (χ3v) is 4.07. The number of rotatable bonds is 5. The number of fused-ring (bicyclic) bond motifs is 1. The maximum Gasteiger partial charge on any atom is 0.289 e. The number of aryl methyl sites for hydroxylation is 2. The summed E-state index contributed by atoms with van der Waals surface area (Å²) >= 11 is 0. The number of benzene rings is 1. The lowest BCUT2D eigenvalue weighted by molar-refractivity contribution is 0.0353. The molecule has 1 aromatic heterocycles. The number of aliphatic hydroxyl groups excluding tert-OH is 2. The van der Waals surface area contributed by atoms with Crippen LogP contribution in [0, 0.1) is 19.3 Å². The molecule has 0 saturated carbocycles. The molecule has 5 heteroatoms. The van der Waals surface area contributed by atoms with E-state index in [-0.39, 0.29) is 31.4 Å². The zero-order valence-electron chi connectivity index (χ0n) is 13.5. The van der Waals surface area contributed by atoms with Crippen molar-refractivity contribution in [1.29, 1.82) is 0 Å². The molecule has 0 atom stereocenters. The van der Waals surface area contributed by atoms with Crippen LogP contribution >= 0.6 is 0 Å². The second kappa shape index (κ2) is 6.10. The number of furan rings is 1. The normalized spacial score (nSPS) is 11.9. The first-order valence-corrected chi connectivity index (χ1v) is 7.27. The second-order valence-corrected chi connectivity index (χ2v) is 6.37. The van der Waals surface area contributed by atoms with Crippen molar-refractivity contribution in [1.82, 2.24) is 4.90 Å². The maximum atomic E-state index is 12.5. The number of amides is 1. The first-order valence-electron chi connectivity index (χ1n) is 7.27. The molecular formula is C17H23NO4. The van der Waals surface area contributed by atoms with Crippen molar-refractivity contribution in [3.63, 3.8) is 0 Å². The number of hydrogen-bond acceptors (Lipinski definition) is 4. The summed E-state index contributed by atoms with van der Waals surface area (Å²) in [4.78, 5) is 13.9. The summed E-state index contributed by atoms with van der Waals surface area (Å²) in [6.45, 7) is 5.59. The quantitative estimate of drug-likeness (QED) is 0.887. The van der Waals surface area contributed by atoms with Crippen molar-refractivity contribution >= 4 is 16.9 Å². The fraction of sp³-hybridized carbons (Fsp3) is 0.471. The summed E-state index contributed by atoms with van der Waals surface area (Å²) in [5.41, 5.74) is 2.21. The summed E-state index contributed by atoms with van der Waals surface area (Å²) < 4.78 is 5.65. The van der Waals surface area contributed by atoms with Crippen molar-refractivity contribution in [2.75, 3.05) is 26.8 Å². The van der Waals surface area contributed by atoms with E-state index in [0.29, 0.717) is 5.58 Å². The molecule has 2 rings (SSSR count). The van der Waals surface area contributed by atoms with E-state index in [1.165, 1.54) is 4.90 Å². The highest BCUT2D eigenvalue weighted by Crippen LogP contribution is 2.24. The minimum absolute atomic E-state index is 0.195. The van der Waals surface area contributed by atoms with Gasteiger partial charge in [-0.05, 0) is 43.2 Å². The van der Waals surface area contributed by atoms with Crippen molar-refractivity contribution in [2.45, 2.75) is 20.8 Å². The molecule has 2 N–H and O–H groups in total. The van der Waals surface area contributed by atoms with E-state index in [1.807, 2.05) is 26.0 Å². The van der Waals surface area contributed by atoms with Gasteiger partial charge >= 0.3 is 0 Å². The highest BCUT2D eigenvalue weighted by atomic mass is 16.3. The molecule has 1 aromatic carbocycles. The Morgan fingerprint density at radius 2 is 1.77 bits per heavy atom. The standard InChI is InChI=1S/C17H23NO4/c1-11-5-13-7-15(22-14(13)6-12(11)2)16(21)18(4)8-17(3,9-19)10-20/h5-7,19-20H,8-10H2,1-4H3. The van der Waals surface area contributed by atoms with Crippen molar-refractivity contribution in [3.05, 3.63) is 35.1 Å². The number of carbonyl (C=O) groups excluding carboxylic acids is 1. The van der Waals surface area contributed by atoms with Crippen LogP contribution in [0.4, 0.5) is 0 Å². The molecule has 0 aliphatic carbocycles. The molecule has 0 spiro atoms. The molecule has 0 unspecified atom stereocenters. The molecule has 1 heterocycles. The molecule has 0 saturated heterocycles. The zero-order chi connectivity index (χ0) is 16.5. The van der Waals surface area contributed by atoms with Crippen LogP contribution in [-0.4, -0.2) is 47.8 Å². The molecular weight excluding hydrogens is 282 g/mol. The minimum atomic E-state index is -0.733. The predicted octanol–water partition coefficient (Wildman–Crippen LogP) is 2.11. The highest BCUT2D eigenvalue weighted by molar-refractivity contribution is 5.96. The van der Waals surface area contributed by atoms with Gasteiger partial charge in [0.15, 0.2) is 5.76 Å². The van der Waals surface area contributed by atoms with E-state index < -0.39 is 5.41 Å². The van der Waals surface area contributed by atoms with Gasteiger partial charge in [0.05, 0.1) is 13.2 Å². The largest absolute Gasteiger partial charge is 0.451 e. The van der Waals surface area contributed by atoms with E-state index in [9.17, 15) is 15.0 Å². The number of nitrogens with zero attached hydrogens (tertiary/aromatic N) is 1. The van der Waals surface area contributed by atoms with Gasteiger partial charge in [0, 0.05) is 24.4 Å². The Hall–Kier alpha value is -1.85. The first-order chi connectivity index (χ1) is 10.3. The third-order valence-electron chi connectivity index (χ3n) is 4.07. The van der Waals surface area contributed by atoms with Gasteiger partial charge in [0.2, 0.25) is 0 Å². The summed E-state index contributed by atoms with van der Waals surface area (Å²) in [7, 11) is 1.63. The zero-order valence-corrected chi connectivity index (χ0v) is 13.5. The Labute approximate surface area is 130 Å². The molecule has 0 fully saturated rings. The summed E-state index contributed by atoms with van der Waals surface area (Å²) in [6.07, 6.45) is 0. The van der Waals surface area contributed by atoms with Crippen LogP contribution in [0.1, 0.15) is 28.6 Å². The molecule has 0 radical (unpaired) electrons. The lowest BCUT2D eigenvalue weighted by atomic mass is 9.92. The van der Waals surface area contributed by atoms with E-state index >= 15 is 0 Å². The third kappa shape index (κ3) is 3.15. The molecule has 5 nitrogen and oxygen atoms in total. The van der Waals surface area contributed by atoms with Crippen LogP contribution in [0.25, 0.3) is 11.0 Å². The van der Waals surface area contributed by atoms with E-state index in [2.05, 4.69) is 0 Å². The van der Waals surface area contributed by atoms with Gasteiger partial charge in [-0.1, -0.05) is 6.92 Å². The average Bonchev–Trinajstić information content (AvgIpc) is 2.89. The van der Waals surface area contributed by atoms with Crippen LogP contribution in [0.15, 0.2) is 22.6 Å². The van der Waals surface area contributed by atoms with Crippen LogP contribution in [0.5, 0.6) is 0 Å². The summed E-state index contributed by atoms with van der Waals surface area (Å²) in [5.74, 6) is 0.000334. The van der Waals surface area contributed by atoms with Crippen molar-refractivity contribution in [2.24, 2.45) is 5.41 Å². The van der Waals surface area contributed by atoms with E-state index in [1.54, 1.807) is 20.0 Å². The van der Waals surface area contributed by atoms with Gasteiger partial charge in [-0.2, -0.15) is 0 Å². The highest BCUT2D eigenvalue weighted by Gasteiger charge is 2.28. The number of carbonyl (C=O) groups is 1. The Morgan fingerprint density at radius 3 is 2.36 bits per heavy atom. The molecule has 0 aliphatic heterocycles. The lowest BCUT2D eigenvalue weighted by Gasteiger charge is -2.29. The fourth-order valence-corrected chi connectivity index (χ4v) is 2.39. The van der Waals surface area contributed by atoms with Crippen LogP contribution in [-0.2, 0) is 0 Å². The van der Waals surface area contributed by atoms with Gasteiger partial charge < -0.3 is 19.5 Å². The van der Waals surface area contributed by atoms with Gasteiger partial charge in [-0.3, -0.25) is 4.79 Å². The van der Waals surface area contributed by atoms with Crippen molar-refractivity contribution in [3.8, 4) is 0 Å². The number of hydrogen-bond donors (Lipinski definition) is 2. The molecule has 2 aromatic rings. The summed E-state index contributed by atoms with van der Waals surface area (Å²) in [6, 6.07) is 5.65. The average molecular weight is 305 g/mol. The molecule has 22 heavy (non-hydrogen) atoms. The molecule has 0 aliphatic rings. The van der Waals surface area contributed by atoms with Crippen molar-refractivity contribution < 1.29 is 19.4 Å². The van der Waals surface area contributed by atoms with Gasteiger partial charge in [0.25, 0.3) is 5.91 Å². The maximum absolute atomic E-state index is 12.5. The molecule has 120 valence electrons. The Bertz CT molecular complexity index is 646. The predicted molar refractivity (Wildman–Crippen MR) is 84.9 cm³/mol. The topological polar surface area (TPSA) is 73.9 Å². The van der Waals surface area contributed by atoms with Crippen LogP contribution in [0.2, 0.25) is 0 Å². The first kappa shape index (κ1) is 16.5. The van der Waals surface area contributed by atoms with Gasteiger partial charge in [-0.15, -0.1) is 0 Å². The smallest absolute Gasteiger partial charge is 0.289 e. The van der Waals surface area contributed by atoms with Crippen LogP contribution in [0.3, 0.4) is 0 Å². The number of aliphatic hydroxyl groups is 2. The summed E-state index contributed by atoms with van der Waals surface area (Å²) in [5, 5.41) is 19.6. The minimum Gasteiger partial charge on any atom is -0.451 e. The lowest BCUT2D eigenvalue weighted by Crippen LogP contribution is -2.41. The molecule has 0 bridgehead atoms. The van der Waals surface area contributed by atoms with E-state index in [0.717, 1.165) is 16.5 Å². The Balaban J connectivity index is 2.25. The Kier molecular flexibility index (Phi) is 4.58. The van der Waals surface area contributed by atoms with E-state index in [4.69, 9.17) is 4.42 Å². The monoisotopic (exact) mass is 305 g/mol. The molecule has 1 amide bonds. The van der Waals surface area contributed by atoms with Crippen LogP contribution < -0.4 is 0 Å². The SMILES string of the molecule is Cc1cc2cc(C(=O)N(C)CC(C)(CO)CO)oc2cc1C. The fourth-order valence-electron chi connectivity index (χ4n) is 2.39. The Morgan fingerprint density at radius 1 is 1.18 bits per heavy atom. The van der Waals surface area contributed by atoms with Gasteiger partial charge in [-0.25, -0.2) is 0 Å². The van der Waals surface area contributed by atoms with Gasteiger partial charge in [0.1, 0.15) is 5.58 Å². The second-order valence-electron chi connectivity index (χ2n) is 6.37.